The van der Waals surface area contributed by atoms with Crippen molar-refractivity contribution in [2.24, 2.45) is 0 Å². The molecule has 2 fully saturated rings. The number of ether oxygens (including phenoxy) is 5. The van der Waals surface area contributed by atoms with E-state index >= 15 is 0 Å². The van der Waals surface area contributed by atoms with Gasteiger partial charge in [-0.25, -0.2) is 4.79 Å². The van der Waals surface area contributed by atoms with Gasteiger partial charge in [0, 0.05) is 12.3 Å². The summed E-state index contributed by atoms with van der Waals surface area (Å²) >= 11 is 0. The number of allylic oxidation sites excluding steroid dienone is 7. The molecule has 2 saturated heterocycles. The summed E-state index contributed by atoms with van der Waals surface area (Å²) in [6, 6.07) is 15.8. The van der Waals surface area contributed by atoms with Crippen LogP contribution in [0.4, 0.5) is 4.79 Å². The molecule has 45 heavy (non-hydrogen) atoms. The Morgan fingerprint density at radius 2 is 1.73 bits per heavy atom. The van der Waals surface area contributed by atoms with Gasteiger partial charge in [0.05, 0.1) is 31.4 Å². The molecule has 0 saturated carbocycles. The molecular weight excluding hydrogens is 570 g/mol. The first kappa shape index (κ1) is 31.0. The Labute approximate surface area is 264 Å². The van der Waals surface area contributed by atoms with Gasteiger partial charge in [0.25, 0.3) is 0 Å². The number of benzene rings is 2. The Balaban J connectivity index is 1.07. The van der Waals surface area contributed by atoms with Crippen LogP contribution in [-0.4, -0.2) is 73.3 Å². The summed E-state index contributed by atoms with van der Waals surface area (Å²) in [5.41, 5.74) is 4.61. The van der Waals surface area contributed by atoms with E-state index in [1.165, 1.54) is 4.90 Å². The van der Waals surface area contributed by atoms with E-state index in [0.29, 0.717) is 13.0 Å². The summed E-state index contributed by atoms with van der Waals surface area (Å²) in [5.74, 6) is 0.709. The molecule has 6 rings (SSSR count). The molecule has 1 N–H and O–H groups in total. The Kier molecular flexibility index (Phi) is 10.3. The third-order valence-electron chi connectivity index (χ3n) is 8.65. The number of aliphatic hydroxyl groups excluding tert-OH is 1. The number of rotatable bonds is 11. The number of carbonyl (C=O) groups excluding carboxylic acids is 1. The highest BCUT2D eigenvalue weighted by molar-refractivity contribution is 5.79. The molecule has 2 aromatic carbocycles. The van der Waals surface area contributed by atoms with Gasteiger partial charge in [-0.2, -0.15) is 0 Å². The van der Waals surface area contributed by atoms with Crippen molar-refractivity contribution < 1.29 is 33.6 Å². The predicted molar refractivity (Wildman–Crippen MR) is 171 cm³/mol. The van der Waals surface area contributed by atoms with E-state index in [1.54, 1.807) is 6.08 Å². The van der Waals surface area contributed by atoms with Crippen LogP contribution < -0.4 is 0 Å². The molecule has 2 aliphatic heterocycles. The summed E-state index contributed by atoms with van der Waals surface area (Å²) in [6.45, 7) is 4.70. The molecule has 0 bridgehead atoms. The number of fused-ring (bicyclic) bond motifs is 3. The molecule has 236 valence electrons. The number of amides is 1. The third kappa shape index (κ3) is 7.48. The van der Waals surface area contributed by atoms with Crippen LogP contribution in [0.5, 0.6) is 0 Å². The van der Waals surface area contributed by atoms with Gasteiger partial charge in [-0.3, -0.25) is 4.90 Å². The lowest BCUT2D eigenvalue weighted by molar-refractivity contribution is -0.219. The van der Waals surface area contributed by atoms with Gasteiger partial charge < -0.3 is 28.8 Å². The van der Waals surface area contributed by atoms with Gasteiger partial charge in [-0.05, 0) is 53.7 Å². The molecule has 8 nitrogen and oxygen atoms in total. The zero-order valence-electron chi connectivity index (χ0n) is 25.4. The molecule has 2 aromatic rings. The van der Waals surface area contributed by atoms with Crippen molar-refractivity contribution in [3.05, 3.63) is 121 Å². The van der Waals surface area contributed by atoms with Crippen LogP contribution in [0.3, 0.4) is 0 Å². The highest BCUT2D eigenvalue weighted by Crippen LogP contribution is 2.44. The van der Waals surface area contributed by atoms with E-state index in [9.17, 15) is 9.90 Å². The number of hydrogen-bond donors (Lipinski definition) is 1. The zero-order valence-corrected chi connectivity index (χ0v) is 25.4. The Morgan fingerprint density at radius 1 is 1.00 bits per heavy atom. The average molecular weight is 612 g/mol. The molecule has 5 atom stereocenters. The Morgan fingerprint density at radius 3 is 2.51 bits per heavy atom. The first-order valence-corrected chi connectivity index (χ1v) is 15.8. The van der Waals surface area contributed by atoms with Crippen molar-refractivity contribution in [2.45, 2.75) is 62.4 Å². The van der Waals surface area contributed by atoms with Crippen molar-refractivity contribution in [3.63, 3.8) is 0 Å². The quantitative estimate of drug-likeness (QED) is 0.233. The number of carbonyl (C=O) groups is 1. The molecular formula is C37H41NO7. The Hall–Kier alpha value is -3.95. The lowest BCUT2D eigenvalue weighted by atomic mass is 9.98. The second-order valence-electron chi connectivity index (χ2n) is 11.7. The number of nitrogens with zero attached hydrogens (tertiary/aromatic N) is 1. The maximum absolute atomic E-state index is 13.6. The number of likely N-dealkylation sites (tertiary alicyclic amines) is 1. The van der Waals surface area contributed by atoms with Gasteiger partial charge in [-0.15, -0.1) is 6.58 Å². The van der Waals surface area contributed by atoms with Crippen molar-refractivity contribution >= 4 is 6.09 Å². The zero-order chi connectivity index (χ0) is 31.0. The highest BCUT2D eigenvalue weighted by atomic mass is 16.7. The fourth-order valence-electron chi connectivity index (χ4n) is 6.49. The monoisotopic (exact) mass is 611 g/mol. The van der Waals surface area contributed by atoms with Gasteiger partial charge in [0.1, 0.15) is 19.0 Å². The fourth-order valence-corrected chi connectivity index (χ4v) is 6.49. The predicted octanol–water partition coefficient (Wildman–Crippen LogP) is 6.39. The van der Waals surface area contributed by atoms with Crippen LogP contribution >= 0.6 is 0 Å². The molecule has 0 spiro atoms. The summed E-state index contributed by atoms with van der Waals surface area (Å²) in [7, 11) is 0. The van der Waals surface area contributed by atoms with Crippen LogP contribution in [0.15, 0.2) is 109 Å². The normalized spacial score (nSPS) is 28.0. The van der Waals surface area contributed by atoms with Crippen LogP contribution in [0, 0.1) is 0 Å². The molecule has 4 aliphatic rings. The maximum atomic E-state index is 13.6. The molecule has 8 heteroatoms. The van der Waals surface area contributed by atoms with Crippen molar-refractivity contribution in [1.82, 2.24) is 4.90 Å². The van der Waals surface area contributed by atoms with Crippen LogP contribution in [-0.2, 0) is 23.7 Å². The van der Waals surface area contributed by atoms with Crippen molar-refractivity contribution in [3.8, 4) is 11.1 Å². The van der Waals surface area contributed by atoms with E-state index < -0.39 is 24.7 Å². The summed E-state index contributed by atoms with van der Waals surface area (Å²) in [6.07, 6.45) is 15.5. The largest absolute Gasteiger partial charge is 0.491 e. The van der Waals surface area contributed by atoms with Gasteiger partial charge >= 0.3 is 6.09 Å². The first-order valence-electron chi connectivity index (χ1n) is 15.8. The summed E-state index contributed by atoms with van der Waals surface area (Å²) in [5, 5.41) is 10.9. The number of aliphatic hydroxyl groups is 1. The van der Waals surface area contributed by atoms with Gasteiger partial charge in [-0.1, -0.05) is 85.0 Å². The van der Waals surface area contributed by atoms with Crippen molar-refractivity contribution in [2.75, 3.05) is 26.4 Å². The van der Waals surface area contributed by atoms with Gasteiger partial charge in [0.15, 0.2) is 12.6 Å². The fraction of sp³-hybridized carbons (Fsp3) is 0.378. The third-order valence-corrected chi connectivity index (χ3v) is 8.65. The van der Waals surface area contributed by atoms with Crippen LogP contribution in [0.2, 0.25) is 0 Å². The molecule has 0 radical (unpaired) electrons. The van der Waals surface area contributed by atoms with E-state index in [2.05, 4.69) is 30.8 Å². The van der Waals surface area contributed by atoms with E-state index in [0.717, 1.165) is 47.3 Å². The topological polar surface area (TPSA) is 86.7 Å². The minimum absolute atomic E-state index is 0.0626. The molecule has 2 heterocycles. The smallest absolute Gasteiger partial charge is 0.410 e. The van der Waals surface area contributed by atoms with E-state index in [4.69, 9.17) is 23.7 Å². The minimum Gasteiger partial charge on any atom is -0.491 e. The second kappa shape index (κ2) is 14.9. The standard InChI is InChI=1S/C37H41NO7/c1-2-21-41-36(39)34-22-28(45-35-20-12-15-27(44-35)24-42-26-13-6-4-3-5-7-14-26)23-38(34)37(40)43-25-33-31-18-10-8-16-29(31)30-17-9-11-19-32(30)33/h2-11,13-14,16-19,27-28,33-36,39H,1,12,15,20-25H2/b4-3-,5-3?,6-4?,7-5-,13-6-,14-7?,26-13?,26-14+/t27?,28-,34+,35?,36?/m1/s1. The molecule has 2 aliphatic carbocycles. The molecule has 0 aromatic heterocycles. The minimum atomic E-state index is -1.21. The van der Waals surface area contributed by atoms with E-state index in [1.807, 2.05) is 66.8 Å². The van der Waals surface area contributed by atoms with Gasteiger partial charge in [0.2, 0.25) is 0 Å². The highest BCUT2D eigenvalue weighted by Gasteiger charge is 2.43. The second-order valence-corrected chi connectivity index (χ2v) is 11.7. The Bertz CT molecular complexity index is 1420. The summed E-state index contributed by atoms with van der Waals surface area (Å²) in [4.78, 5) is 15.1. The van der Waals surface area contributed by atoms with E-state index in [-0.39, 0.29) is 37.9 Å². The van der Waals surface area contributed by atoms with Crippen molar-refractivity contribution in [1.29, 1.82) is 0 Å². The van der Waals surface area contributed by atoms with Crippen LogP contribution in [0.25, 0.3) is 11.1 Å². The SMILES string of the molecule is C=CCOC(O)[C@@H]1C[C@@H](OC2CCCC(COC3=C/C=C\C=C/C=C\3)O2)CN1C(=O)OCC1c2ccccc2-c2ccccc21. The average Bonchev–Trinajstić information content (AvgIpc) is 3.61. The lowest BCUT2D eigenvalue weighted by Gasteiger charge is -2.31. The first-order chi connectivity index (χ1) is 22.1. The molecule has 3 unspecified atom stereocenters. The maximum Gasteiger partial charge on any atom is 0.410 e. The van der Waals surface area contributed by atoms with Crippen LogP contribution in [0.1, 0.15) is 42.7 Å². The molecule has 1 amide bonds. The summed E-state index contributed by atoms with van der Waals surface area (Å²) < 4.78 is 30.2. The number of hydrogen-bond acceptors (Lipinski definition) is 7. The lowest BCUT2D eigenvalue weighted by Crippen LogP contribution is -2.44.